The molecule has 1 heterocycles. The number of likely N-dealkylation sites (N-methyl/N-ethyl adjacent to an activating group) is 1. The van der Waals surface area contributed by atoms with Crippen molar-refractivity contribution in [3.05, 3.63) is 28.1 Å². The van der Waals surface area contributed by atoms with Crippen LogP contribution in [0.3, 0.4) is 0 Å². The maximum absolute atomic E-state index is 12.6. The van der Waals surface area contributed by atoms with Gasteiger partial charge in [0.1, 0.15) is 0 Å². The number of azide groups is 1. The van der Waals surface area contributed by atoms with Gasteiger partial charge in [0.05, 0.1) is 19.8 Å². The molecule has 1 saturated heterocycles. The Bertz CT molecular complexity index is 643. The number of likely N-dealkylation sites (tertiary alicyclic amines) is 1. The lowest BCUT2D eigenvalue weighted by molar-refractivity contribution is 0.0937. The number of methoxy groups -OCH3 is 2. The van der Waals surface area contributed by atoms with E-state index in [1.807, 2.05) is 0 Å². The number of nitrogens with zero attached hydrogens (tertiary/aromatic N) is 4. The van der Waals surface area contributed by atoms with Gasteiger partial charge in [-0.1, -0.05) is 12.0 Å². The molecule has 1 fully saturated rings. The quantitative estimate of drug-likeness (QED) is 0.471. The molecule has 8 heteroatoms. The second kappa shape index (κ2) is 8.42. The summed E-state index contributed by atoms with van der Waals surface area (Å²) < 4.78 is 10.5. The number of hydrogen-bond acceptors (Lipinski definition) is 5. The highest BCUT2D eigenvalue weighted by Crippen LogP contribution is 2.35. The second-order valence-electron chi connectivity index (χ2n) is 5.55. The Morgan fingerprint density at radius 1 is 1.46 bits per heavy atom. The lowest BCUT2D eigenvalue weighted by Gasteiger charge is -2.23. The van der Waals surface area contributed by atoms with Gasteiger partial charge in [-0.05, 0) is 43.6 Å². The van der Waals surface area contributed by atoms with E-state index in [1.54, 1.807) is 0 Å². The number of nitrogens with one attached hydrogen (secondary N) is 1. The molecule has 24 heavy (non-hydrogen) atoms. The molecule has 1 N–H and O–H groups in total. The largest absolute Gasteiger partial charge is 0.493 e. The van der Waals surface area contributed by atoms with Crippen molar-refractivity contribution < 1.29 is 14.3 Å². The maximum Gasteiger partial charge on any atom is 0.255 e. The summed E-state index contributed by atoms with van der Waals surface area (Å²) in [7, 11) is 2.94. The highest BCUT2D eigenvalue weighted by molar-refractivity contribution is 5.98. The Kier molecular flexibility index (Phi) is 6.28. The summed E-state index contributed by atoms with van der Waals surface area (Å²) in [6, 6.07) is 3.39. The zero-order valence-electron chi connectivity index (χ0n) is 14.3. The Morgan fingerprint density at radius 3 is 2.88 bits per heavy atom. The van der Waals surface area contributed by atoms with Gasteiger partial charge in [0.2, 0.25) is 0 Å². The molecule has 0 unspecified atom stereocenters. The molecule has 130 valence electrons. The minimum Gasteiger partial charge on any atom is -0.493 e. The number of hydrogen-bond donors (Lipinski definition) is 1. The standard InChI is InChI=1S/C16H23N5O3/c1-4-21-7-5-6-12(21)10-18-16(22)13-8-11(19-20-17)9-14(23-2)15(13)24-3/h8-9,12H,4-7,10H2,1-3H3,(H,18,22)/t12-/m0/s1. The van der Waals surface area contributed by atoms with Crippen LogP contribution in [0.25, 0.3) is 10.4 Å². The Labute approximate surface area is 141 Å². The molecule has 1 amide bonds. The number of rotatable bonds is 7. The van der Waals surface area contributed by atoms with Crippen LogP contribution in [0, 0.1) is 0 Å². The smallest absolute Gasteiger partial charge is 0.255 e. The van der Waals surface area contributed by atoms with Gasteiger partial charge in [-0.15, -0.1) is 0 Å². The van der Waals surface area contributed by atoms with Crippen LogP contribution in [-0.2, 0) is 0 Å². The van der Waals surface area contributed by atoms with Crippen molar-refractivity contribution in [2.24, 2.45) is 5.11 Å². The number of carbonyl (C=O) groups excluding carboxylic acids is 1. The summed E-state index contributed by atoms with van der Waals surface area (Å²) >= 11 is 0. The minimum atomic E-state index is -0.275. The van der Waals surface area contributed by atoms with Crippen molar-refractivity contribution in [1.29, 1.82) is 0 Å². The molecule has 1 aliphatic rings. The number of ether oxygens (including phenoxy) is 2. The predicted octanol–water partition coefficient (Wildman–Crippen LogP) is 2.86. The molecule has 0 aromatic heterocycles. The second-order valence-corrected chi connectivity index (χ2v) is 5.55. The minimum absolute atomic E-state index is 0.275. The monoisotopic (exact) mass is 333 g/mol. The molecule has 8 nitrogen and oxygen atoms in total. The average molecular weight is 333 g/mol. The molecule has 1 aromatic rings. The van der Waals surface area contributed by atoms with Crippen molar-refractivity contribution in [2.45, 2.75) is 25.8 Å². The van der Waals surface area contributed by atoms with Crippen molar-refractivity contribution in [1.82, 2.24) is 10.2 Å². The number of amides is 1. The first-order chi connectivity index (χ1) is 11.6. The van der Waals surface area contributed by atoms with Gasteiger partial charge in [0.25, 0.3) is 5.91 Å². The van der Waals surface area contributed by atoms with Crippen LogP contribution in [0.2, 0.25) is 0 Å². The fourth-order valence-electron chi connectivity index (χ4n) is 3.08. The van der Waals surface area contributed by atoms with Gasteiger partial charge in [-0.25, -0.2) is 0 Å². The lowest BCUT2D eigenvalue weighted by Crippen LogP contribution is -2.40. The summed E-state index contributed by atoms with van der Waals surface area (Å²) in [6.07, 6.45) is 2.23. The Hall–Kier alpha value is -2.44. The third-order valence-electron chi connectivity index (χ3n) is 4.27. The summed E-state index contributed by atoms with van der Waals surface area (Å²) in [5, 5.41) is 6.50. The number of carbonyl (C=O) groups is 1. The van der Waals surface area contributed by atoms with E-state index in [0.717, 1.165) is 25.9 Å². The van der Waals surface area contributed by atoms with Gasteiger partial charge in [-0.2, -0.15) is 0 Å². The molecule has 1 aromatic carbocycles. The first-order valence-electron chi connectivity index (χ1n) is 7.97. The lowest BCUT2D eigenvalue weighted by atomic mass is 10.1. The fourth-order valence-corrected chi connectivity index (χ4v) is 3.08. The molecule has 1 aliphatic heterocycles. The van der Waals surface area contributed by atoms with Crippen LogP contribution in [0.1, 0.15) is 30.1 Å². The Balaban J connectivity index is 2.20. The molecule has 1 atom stereocenters. The van der Waals surface area contributed by atoms with E-state index in [1.165, 1.54) is 26.4 Å². The molecule has 0 aliphatic carbocycles. The van der Waals surface area contributed by atoms with Crippen LogP contribution in [-0.4, -0.2) is 50.7 Å². The van der Waals surface area contributed by atoms with Gasteiger partial charge in [0, 0.05) is 23.2 Å². The first kappa shape index (κ1) is 17.9. The normalized spacial score (nSPS) is 17.2. The zero-order chi connectivity index (χ0) is 17.5. The molecule has 0 spiro atoms. The van der Waals surface area contributed by atoms with Crippen LogP contribution in [0.4, 0.5) is 5.69 Å². The third-order valence-corrected chi connectivity index (χ3v) is 4.27. The topological polar surface area (TPSA) is 99.6 Å². The van der Waals surface area contributed by atoms with E-state index in [0.29, 0.717) is 35.3 Å². The Morgan fingerprint density at radius 2 is 2.25 bits per heavy atom. The highest BCUT2D eigenvalue weighted by atomic mass is 16.5. The van der Waals surface area contributed by atoms with E-state index in [2.05, 4.69) is 27.2 Å². The van der Waals surface area contributed by atoms with Gasteiger partial charge in [-0.3, -0.25) is 9.69 Å². The van der Waals surface area contributed by atoms with E-state index >= 15 is 0 Å². The summed E-state index contributed by atoms with van der Waals surface area (Å²) in [5.41, 5.74) is 9.22. The molecule has 0 bridgehead atoms. The maximum atomic E-state index is 12.6. The van der Waals surface area contributed by atoms with Crippen LogP contribution >= 0.6 is 0 Å². The first-order valence-corrected chi connectivity index (χ1v) is 7.97. The number of benzene rings is 1. The van der Waals surface area contributed by atoms with E-state index < -0.39 is 0 Å². The van der Waals surface area contributed by atoms with Gasteiger partial charge < -0.3 is 14.8 Å². The predicted molar refractivity (Wildman–Crippen MR) is 91.0 cm³/mol. The van der Waals surface area contributed by atoms with Crippen molar-refractivity contribution in [2.75, 3.05) is 33.9 Å². The van der Waals surface area contributed by atoms with Gasteiger partial charge in [0.15, 0.2) is 11.5 Å². The summed E-state index contributed by atoms with van der Waals surface area (Å²) in [5.74, 6) is 0.400. The third kappa shape index (κ3) is 3.90. The van der Waals surface area contributed by atoms with Gasteiger partial charge >= 0.3 is 0 Å². The highest BCUT2D eigenvalue weighted by Gasteiger charge is 2.24. The van der Waals surface area contributed by atoms with E-state index in [-0.39, 0.29) is 5.91 Å². The SMILES string of the molecule is CCN1CCC[C@H]1CNC(=O)c1cc(N=[N+]=[N-])cc(OC)c1OC. The van der Waals surface area contributed by atoms with Crippen molar-refractivity contribution in [3.8, 4) is 11.5 Å². The molecule has 0 radical (unpaired) electrons. The van der Waals surface area contributed by atoms with Crippen molar-refractivity contribution in [3.63, 3.8) is 0 Å². The fraction of sp³-hybridized carbons (Fsp3) is 0.562. The van der Waals surface area contributed by atoms with E-state index in [4.69, 9.17) is 15.0 Å². The average Bonchev–Trinajstić information content (AvgIpc) is 3.06. The zero-order valence-corrected chi connectivity index (χ0v) is 14.3. The molecule has 2 rings (SSSR count). The van der Waals surface area contributed by atoms with Crippen molar-refractivity contribution >= 4 is 11.6 Å². The summed E-state index contributed by atoms with van der Waals surface area (Å²) in [6.45, 7) is 4.74. The van der Waals surface area contributed by atoms with E-state index in [9.17, 15) is 4.79 Å². The van der Waals surface area contributed by atoms with Crippen LogP contribution < -0.4 is 14.8 Å². The molecular formula is C16H23N5O3. The molecular weight excluding hydrogens is 310 g/mol. The van der Waals surface area contributed by atoms with Crippen LogP contribution in [0.15, 0.2) is 17.2 Å². The van der Waals surface area contributed by atoms with Crippen LogP contribution in [0.5, 0.6) is 11.5 Å². The molecule has 0 saturated carbocycles. The summed E-state index contributed by atoms with van der Waals surface area (Å²) in [4.78, 5) is 17.7.